The van der Waals surface area contributed by atoms with Gasteiger partial charge in [0.15, 0.2) is 0 Å². The van der Waals surface area contributed by atoms with Gasteiger partial charge in [0, 0.05) is 23.5 Å². The zero-order valence-electron chi connectivity index (χ0n) is 13.5. The van der Waals surface area contributed by atoms with Crippen LogP contribution < -0.4 is 5.32 Å². The largest absolute Gasteiger partial charge is 0.323 e. The second-order valence-corrected chi connectivity index (χ2v) is 5.65. The van der Waals surface area contributed by atoms with E-state index in [4.69, 9.17) is 0 Å². The maximum absolute atomic E-state index is 11.9. The number of rotatable bonds is 5. The molecule has 120 valence electrons. The second kappa shape index (κ2) is 7.42. The molecule has 0 saturated heterocycles. The van der Waals surface area contributed by atoms with Gasteiger partial charge in [0.05, 0.1) is 12.7 Å². The summed E-state index contributed by atoms with van der Waals surface area (Å²) in [6.07, 6.45) is 6.95. The highest BCUT2D eigenvalue weighted by Gasteiger charge is 2.00. The molecule has 1 amide bonds. The highest BCUT2D eigenvalue weighted by molar-refractivity contribution is 6.01. The number of carbonyl (C=O) groups is 1. The Hall–Kier alpha value is -3.14. The minimum atomic E-state index is -0.158. The SMILES string of the molecule is Cc1ccc(NC(=O)/C=C/c2cnn(Cc3ccccc3)c2)cc1. The van der Waals surface area contributed by atoms with Crippen molar-refractivity contribution in [3.8, 4) is 0 Å². The van der Waals surface area contributed by atoms with Crippen molar-refractivity contribution in [2.24, 2.45) is 0 Å². The minimum absolute atomic E-state index is 0.158. The third-order valence-electron chi connectivity index (χ3n) is 3.59. The third-order valence-corrected chi connectivity index (χ3v) is 3.59. The van der Waals surface area contributed by atoms with Crippen LogP contribution in [0.2, 0.25) is 0 Å². The Labute approximate surface area is 141 Å². The molecule has 0 spiro atoms. The van der Waals surface area contributed by atoms with Crippen molar-refractivity contribution < 1.29 is 4.79 Å². The highest BCUT2D eigenvalue weighted by Crippen LogP contribution is 2.09. The van der Waals surface area contributed by atoms with Crippen molar-refractivity contribution >= 4 is 17.7 Å². The number of nitrogens with zero attached hydrogens (tertiary/aromatic N) is 2. The molecule has 0 aliphatic heterocycles. The van der Waals surface area contributed by atoms with E-state index in [1.165, 1.54) is 11.6 Å². The standard InChI is InChI=1S/C20H19N3O/c1-16-7-10-19(11-8-16)22-20(24)12-9-18-13-21-23(15-18)14-17-5-3-2-4-6-17/h2-13,15H,14H2,1H3,(H,22,24)/b12-9+. The van der Waals surface area contributed by atoms with E-state index in [9.17, 15) is 4.79 Å². The predicted molar refractivity (Wildman–Crippen MR) is 96.6 cm³/mol. The molecule has 1 N–H and O–H groups in total. The van der Waals surface area contributed by atoms with E-state index in [2.05, 4.69) is 22.5 Å². The lowest BCUT2D eigenvalue weighted by atomic mass is 10.2. The Morgan fingerprint density at radius 2 is 1.88 bits per heavy atom. The van der Waals surface area contributed by atoms with Crippen molar-refractivity contribution in [3.63, 3.8) is 0 Å². The zero-order valence-corrected chi connectivity index (χ0v) is 13.5. The van der Waals surface area contributed by atoms with Gasteiger partial charge in [0.2, 0.25) is 5.91 Å². The minimum Gasteiger partial charge on any atom is -0.323 e. The van der Waals surface area contributed by atoms with Gasteiger partial charge < -0.3 is 5.32 Å². The molecule has 4 nitrogen and oxygen atoms in total. The lowest BCUT2D eigenvalue weighted by molar-refractivity contribution is -0.111. The number of carbonyl (C=O) groups excluding carboxylic acids is 1. The molecule has 0 unspecified atom stereocenters. The smallest absolute Gasteiger partial charge is 0.248 e. The number of aryl methyl sites for hydroxylation is 1. The van der Waals surface area contributed by atoms with E-state index < -0.39 is 0 Å². The Morgan fingerprint density at radius 3 is 2.62 bits per heavy atom. The number of anilines is 1. The van der Waals surface area contributed by atoms with Gasteiger partial charge in [-0.05, 0) is 30.7 Å². The first-order valence-corrected chi connectivity index (χ1v) is 7.81. The summed E-state index contributed by atoms with van der Waals surface area (Å²) >= 11 is 0. The van der Waals surface area contributed by atoms with Gasteiger partial charge >= 0.3 is 0 Å². The van der Waals surface area contributed by atoms with Gasteiger partial charge in [-0.3, -0.25) is 9.48 Å². The lowest BCUT2D eigenvalue weighted by Gasteiger charge is -2.01. The van der Waals surface area contributed by atoms with Gasteiger partial charge in [-0.2, -0.15) is 5.10 Å². The summed E-state index contributed by atoms with van der Waals surface area (Å²) < 4.78 is 1.85. The number of hydrogen-bond donors (Lipinski definition) is 1. The van der Waals surface area contributed by atoms with Crippen LogP contribution in [0.3, 0.4) is 0 Å². The van der Waals surface area contributed by atoms with Crippen molar-refractivity contribution in [1.82, 2.24) is 9.78 Å². The van der Waals surface area contributed by atoms with E-state index in [-0.39, 0.29) is 5.91 Å². The molecule has 1 heterocycles. The van der Waals surface area contributed by atoms with Crippen LogP contribution in [0.15, 0.2) is 73.1 Å². The van der Waals surface area contributed by atoms with Crippen molar-refractivity contribution in [2.75, 3.05) is 5.32 Å². The predicted octanol–water partition coefficient (Wildman–Crippen LogP) is 3.89. The summed E-state index contributed by atoms with van der Waals surface area (Å²) in [5.41, 5.74) is 4.03. The van der Waals surface area contributed by atoms with Crippen LogP contribution in [0.1, 0.15) is 16.7 Å². The van der Waals surface area contributed by atoms with E-state index in [1.54, 1.807) is 12.3 Å². The molecule has 3 rings (SSSR count). The summed E-state index contributed by atoms with van der Waals surface area (Å²) in [6.45, 7) is 2.73. The Balaban J connectivity index is 1.58. The molecule has 0 bridgehead atoms. The lowest BCUT2D eigenvalue weighted by Crippen LogP contribution is -2.07. The maximum atomic E-state index is 11.9. The van der Waals surface area contributed by atoms with E-state index in [1.807, 2.05) is 60.3 Å². The Kier molecular flexibility index (Phi) is 4.87. The van der Waals surface area contributed by atoms with Crippen LogP contribution in [0.4, 0.5) is 5.69 Å². The second-order valence-electron chi connectivity index (χ2n) is 5.65. The van der Waals surface area contributed by atoms with Crippen molar-refractivity contribution in [1.29, 1.82) is 0 Å². The van der Waals surface area contributed by atoms with Crippen LogP contribution >= 0.6 is 0 Å². The number of hydrogen-bond acceptors (Lipinski definition) is 2. The first-order chi connectivity index (χ1) is 11.7. The number of amides is 1. The van der Waals surface area contributed by atoms with E-state index in [0.717, 1.165) is 16.8 Å². The van der Waals surface area contributed by atoms with Crippen LogP contribution in [-0.4, -0.2) is 15.7 Å². The molecule has 0 aliphatic carbocycles. The normalized spacial score (nSPS) is 10.9. The average molecular weight is 317 g/mol. The fraction of sp³-hybridized carbons (Fsp3) is 0.100. The molecule has 0 fully saturated rings. The fourth-order valence-corrected chi connectivity index (χ4v) is 2.32. The van der Waals surface area contributed by atoms with Crippen LogP contribution in [0.5, 0.6) is 0 Å². The monoisotopic (exact) mass is 317 g/mol. The molecule has 0 radical (unpaired) electrons. The number of benzene rings is 2. The molecular formula is C20H19N3O. The van der Waals surface area contributed by atoms with E-state index >= 15 is 0 Å². The van der Waals surface area contributed by atoms with Crippen LogP contribution in [-0.2, 0) is 11.3 Å². The average Bonchev–Trinajstić information content (AvgIpc) is 3.03. The van der Waals surface area contributed by atoms with Crippen LogP contribution in [0, 0.1) is 6.92 Å². The zero-order chi connectivity index (χ0) is 16.8. The Morgan fingerprint density at radius 1 is 1.12 bits per heavy atom. The van der Waals surface area contributed by atoms with Crippen LogP contribution in [0.25, 0.3) is 6.08 Å². The first-order valence-electron chi connectivity index (χ1n) is 7.81. The van der Waals surface area contributed by atoms with Crippen molar-refractivity contribution in [3.05, 3.63) is 89.8 Å². The summed E-state index contributed by atoms with van der Waals surface area (Å²) in [5.74, 6) is -0.158. The third kappa shape index (κ3) is 4.43. The van der Waals surface area contributed by atoms with Gasteiger partial charge in [0.25, 0.3) is 0 Å². The molecule has 4 heteroatoms. The molecule has 24 heavy (non-hydrogen) atoms. The van der Waals surface area contributed by atoms with Crippen molar-refractivity contribution in [2.45, 2.75) is 13.5 Å². The van der Waals surface area contributed by atoms with E-state index in [0.29, 0.717) is 6.54 Å². The summed E-state index contributed by atoms with van der Waals surface area (Å²) in [4.78, 5) is 11.9. The molecule has 2 aromatic carbocycles. The molecular weight excluding hydrogens is 298 g/mol. The quantitative estimate of drug-likeness (QED) is 0.726. The molecule has 0 saturated carbocycles. The maximum Gasteiger partial charge on any atom is 0.248 e. The van der Waals surface area contributed by atoms with Gasteiger partial charge in [-0.15, -0.1) is 0 Å². The summed E-state index contributed by atoms with van der Waals surface area (Å²) in [7, 11) is 0. The van der Waals surface area contributed by atoms with Gasteiger partial charge in [-0.1, -0.05) is 48.0 Å². The van der Waals surface area contributed by atoms with Gasteiger partial charge in [0.1, 0.15) is 0 Å². The fourth-order valence-electron chi connectivity index (χ4n) is 2.32. The molecule has 1 aromatic heterocycles. The molecule has 0 atom stereocenters. The highest BCUT2D eigenvalue weighted by atomic mass is 16.1. The molecule has 3 aromatic rings. The van der Waals surface area contributed by atoms with Gasteiger partial charge in [-0.25, -0.2) is 0 Å². The summed E-state index contributed by atoms with van der Waals surface area (Å²) in [5, 5.41) is 7.15. The molecule has 0 aliphatic rings. The topological polar surface area (TPSA) is 46.9 Å². The first kappa shape index (κ1) is 15.7. The number of aromatic nitrogens is 2. The Bertz CT molecular complexity index is 833. The summed E-state index contributed by atoms with van der Waals surface area (Å²) in [6, 6.07) is 17.8. The number of nitrogens with one attached hydrogen (secondary N) is 1.